The van der Waals surface area contributed by atoms with E-state index in [2.05, 4.69) is 63.6 Å². The number of rotatable bonds is 11. The molecule has 5 aromatic rings. The number of imide groups is 1. The molecule has 18 nitrogen and oxygen atoms in total. The Balaban J connectivity index is 0.674. The van der Waals surface area contributed by atoms with Crippen molar-refractivity contribution in [3.63, 3.8) is 0 Å². The fourth-order valence-electron chi connectivity index (χ4n) is 10.5. The predicted octanol–water partition coefficient (Wildman–Crippen LogP) is 5.73. The average molecular weight is 912 g/mol. The Bertz CT molecular complexity index is 2630. The first-order chi connectivity index (χ1) is 32.4. The number of nitrogen functional groups attached to an aromatic ring is 1. The summed E-state index contributed by atoms with van der Waals surface area (Å²) in [5.74, 6) is 2.16. The number of hydrogen-bond acceptors (Lipinski definition) is 14. The van der Waals surface area contributed by atoms with E-state index >= 15 is 0 Å². The Labute approximate surface area is 389 Å². The Kier molecular flexibility index (Phi) is 12.2. The molecule has 4 aliphatic heterocycles. The minimum absolute atomic E-state index is 0.0384. The first kappa shape index (κ1) is 44.5. The lowest BCUT2D eigenvalue weighted by Gasteiger charge is -2.42. The van der Waals surface area contributed by atoms with Crippen molar-refractivity contribution >= 4 is 46.2 Å². The van der Waals surface area contributed by atoms with Gasteiger partial charge in [0.05, 0.1) is 16.5 Å². The normalized spacial score (nSPS) is 20.7. The second-order valence-electron chi connectivity index (χ2n) is 20.1. The van der Waals surface area contributed by atoms with Crippen LogP contribution in [-0.4, -0.2) is 125 Å². The van der Waals surface area contributed by atoms with E-state index < -0.39 is 0 Å². The van der Waals surface area contributed by atoms with Crippen molar-refractivity contribution in [2.75, 3.05) is 50.3 Å². The Morgan fingerprint density at radius 3 is 2.01 bits per heavy atom. The molecule has 1 aliphatic carbocycles. The van der Waals surface area contributed by atoms with Gasteiger partial charge < -0.3 is 30.3 Å². The highest BCUT2D eigenvalue weighted by molar-refractivity contribution is 6.02. The SMILES string of the molecule is CC(C)(C)n1nc(-c2noc(C3CC3)c2-c2ncc(C3CCN(C(=O)CCC(=O)N4CCC(N5CCC(c6ccc(NC7CCC(=O)NC7=O)cc6)CC5)CC4)CC3)cn2)c2c(N)ncnc21. The number of piperidine rings is 4. The van der Waals surface area contributed by atoms with Crippen LogP contribution in [0, 0.1) is 0 Å². The highest BCUT2D eigenvalue weighted by Crippen LogP contribution is 2.48. The number of carbonyl (C=O) groups is 4. The van der Waals surface area contributed by atoms with Gasteiger partial charge in [-0.2, -0.15) is 5.10 Å². The van der Waals surface area contributed by atoms with Crippen molar-refractivity contribution < 1.29 is 23.7 Å². The quantitative estimate of drug-likeness (QED) is 0.135. The summed E-state index contributed by atoms with van der Waals surface area (Å²) >= 11 is 0. The van der Waals surface area contributed by atoms with Gasteiger partial charge in [-0.25, -0.2) is 24.6 Å². The molecule has 4 amide bonds. The lowest BCUT2D eigenvalue weighted by atomic mass is 9.88. The minimum atomic E-state index is -0.387. The van der Waals surface area contributed by atoms with Gasteiger partial charge in [0.15, 0.2) is 17.2 Å². The predicted molar refractivity (Wildman–Crippen MR) is 250 cm³/mol. The van der Waals surface area contributed by atoms with E-state index in [9.17, 15) is 19.2 Å². The third kappa shape index (κ3) is 9.36. The third-order valence-corrected chi connectivity index (χ3v) is 14.6. The van der Waals surface area contributed by atoms with Crippen molar-refractivity contribution in [3.05, 3.63) is 59.9 Å². The van der Waals surface area contributed by atoms with E-state index in [4.69, 9.17) is 25.3 Å². The smallest absolute Gasteiger partial charge is 0.249 e. The second kappa shape index (κ2) is 18.4. The maximum atomic E-state index is 13.4. The van der Waals surface area contributed by atoms with Crippen molar-refractivity contribution in [2.45, 2.75) is 133 Å². The number of likely N-dealkylation sites (tertiary alicyclic amines) is 3. The summed E-state index contributed by atoms with van der Waals surface area (Å²) < 4.78 is 7.83. The molecule has 5 fully saturated rings. The van der Waals surface area contributed by atoms with Crippen LogP contribution in [-0.2, 0) is 24.7 Å². The summed E-state index contributed by atoms with van der Waals surface area (Å²) in [5, 5.41) is 15.8. The summed E-state index contributed by atoms with van der Waals surface area (Å²) in [6.07, 6.45) is 14.2. The molecular formula is C49H61N13O5. The lowest BCUT2D eigenvalue weighted by Crippen LogP contribution is -2.49. The number of amides is 4. The van der Waals surface area contributed by atoms with E-state index in [1.165, 1.54) is 11.9 Å². The molecule has 4 saturated heterocycles. The number of benzene rings is 1. The van der Waals surface area contributed by atoms with E-state index in [0.29, 0.717) is 72.0 Å². The lowest BCUT2D eigenvalue weighted by molar-refractivity contribution is -0.138. The number of anilines is 2. The maximum absolute atomic E-state index is 13.4. The second-order valence-corrected chi connectivity index (χ2v) is 20.1. The van der Waals surface area contributed by atoms with Crippen molar-refractivity contribution in [1.29, 1.82) is 0 Å². The molecule has 4 N–H and O–H groups in total. The summed E-state index contributed by atoms with van der Waals surface area (Å²) in [6, 6.07) is 8.46. The molecule has 1 unspecified atom stereocenters. The largest absolute Gasteiger partial charge is 0.383 e. The fourth-order valence-corrected chi connectivity index (χ4v) is 10.5. The molecule has 1 saturated carbocycles. The van der Waals surface area contributed by atoms with Gasteiger partial charge in [0.2, 0.25) is 23.6 Å². The number of fused-ring (bicyclic) bond motifs is 1. The molecule has 4 aromatic heterocycles. The van der Waals surface area contributed by atoms with Crippen molar-refractivity contribution in [3.8, 4) is 22.8 Å². The fraction of sp³-hybridized carbons (Fsp3) is 0.551. The molecule has 0 bridgehead atoms. The Hall–Kier alpha value is -6.30. The van der Waals surface area contributed by atoms with Crippen LogP contribution < -0.4 is 16.4 Å². The molecule has 67 heavy (non-hydrogen) atoms. The monoisotopic (exact) mass is 911 g/mol. The summed E-state index contributed by atoms with van der Waals surface area (Å²) in [5.41, 5.74) is 11.7. The maximum Gasteiger partial charge on any atom is 0.249 e. The highest BCUT2D eigenvalue weighted by atomic mass is 16.5. The van der Waals surface area contributed by atoms with Crippen LogP contribution in [0.3, 0.4) is 0 Å². The molecule has 1 atom stereocenters. The molecule has 0 spiro atoms. The number of nitrogens with zero attached hydrogens (tertiary/aromatic N) is 10. The molecule has 1 aromatic carbocycles. The van der Waals surface area contributed by atoms with Crippen LogP contribution in [0.2, 0.25) is 0 Å². The van der Waals surface area contributed by atoms with E-state index in [-0.39, 0.29) is 59.9 Å². The summed E-state index contributed by atoms with van der Waals surface area (Å²) in [4.78, 5) is 75.3. The van der Waals surface area contributed by atoms with Gasteiger partial charge in [-0.15, -0.1) is 0 Å². The number of aromatic nitrogens is 7. The first-order valence-corrected chi connectivity index (χ1v) is 24.2. The minimum Gasteiger partial charge on any atom is -0.383 e. The summed E-state index contributed by atoms with van der Waals surface area (Å²) in [6.45, 7) is 10.9. The van der Waals surface area contributed by atoms with Gasteiger partial charge in [-0.05, 0) is 127 Å². The van der Waals surface area contributed by atoms with Crippen molar-refractivity contribution in [1.82, 2.24) is 54.9 Å². The molecule has 0 radical (unpaired) electrons. The van der Waals surface area contributed by atoms with Crippen LogP contribution in [0.4, 0.5) is 11.5 Å². The van der Waals surface area contributed by atoms with Crippen LogP contribution in [0.1, 0.15) is 132 Å². The van der Waals surface area contributed by atoms with Gasteiger partial charge in [-0.1, -0.05) is 17.3 Å². The average Bonchev–Trinajstić information content (AvgIpc) is 3.96. The van der Waals surface area contributed by atoms with Crippen molar-refractivity contribution in [2.24, 2.45) is 0 Å². The number of nitrogens with one attached hydrogen (secondary N) is 2. The number of hydrogen-bond donors (Lipinski definition) is 3. The number of carbonyl (C=O) groups excluding carboxylic acids is 4. The Morgan fingerprint density at radius 2 is 1.39 bits per heavy atom. The first-order valence-electron chi connectivity index (χ1n) is 24.2. The van der Waals surface area contributed by atoms with Gasteiger partial charge in [0.25, 0.3) is 0 Å². The van der Waals surface area contributed by atoms with Crippen LogP contribution in [0.5, 0.6) is 0 Å². The van der Waals surface area contributed by atoms with E-state index in [0.717, 1.165) is 100 Å². The van der Waals surface area contributed by atoms with E-state index in [1.807, 2.05) is 39.0 Å². The zero-order valence-electron chi connectivity index (χ0n) is 38.7. The van der Waals surface area contributed by atoms with Gasteiger partial charge >= 0.3 is 0 Å². The summed E-state index contributed by atoms with van der Waals surface area (Å²) in [7, 11) is 0. The number of nitrogens with two attached hydrogens (primary N) is 1. The van der Waals surface area contributed by atoms with Gasteiger partial charge in [-0.3, -0.25) is 24.5 Å². The Morgan fingerprint density at radius 1 is 0.761 bits per heavy atom. The van der Waals surface area contributed by atoms with E-state index in [1.54, 1.807) is 0 Å². The third-order valence-electron chi connectivity index (χ3n) is 14.6. The standard InChI is InChI=1S/C49H61N13O5/c1-49(2,3)62-47-41(45(50)53-28-54-47)42(57-62)43-40(44(67-58-43)32-4-5-32)46-51-26-33(27-52-46)31-16-22-60(23-17-31)38(64)12-13-39(65)61-24-18-35(19-25-61)59-20-14-30(15-21-59)29-6-8-34(9-7-29)55-36-10-11-37(63)56-48(36)66/h6-9,26-28,30-32,35-36,55H,4-5,10-25H2,1-3H3,(H2,50,53,54)(H,56,63,66). The van der Waals surface area contributed by atoms with Gasteiger partial charge in [0, 0.05) is 75.5 Å². The molecular weight excluding hydrogens is 851 g/mol. The van der Waals surface area contributed by atoms with Crippen LogP contribution >= 0.6 is 0 Å². The van der Waals surface area contributed by atoms with Crippen LogP contribution in [0.25, 0.3) is 33.8 Å². The molecule has 8 heterocycles. The zero-order valence-corrected chi connectivity index (χ0v) is 38.7. The zero-order chi connectivity index (χ0) is 46.4. The molecule has 352 valence electrons. The molecule has 5 aliphatic rings. The van der Waals surface area contributed by atoms with Crippen LogP contribution in [0.15, 0.2) is 47.5 Å². The molecule has 10 rings (SSSR count). The van der Waals surface area contributed by atoms with Gasteiger partial charge in [0.1, 0.15) is 29.6 Å². The topological polar surface area (TPSA) is 223 Å². The highest BCUT2D eigenvalue weighted by Gasteiger charge is 2.37. The molecule has 18 heteroatoms.